The molecule has 1 N–H and O–H groups in total. The minimum atomic E-state index is 0.647. The second kappa shape index (κ2) is 5.08. The van der Waals surface area contributed by atoms with Crippen molar-refractivity contribution in [3.8, 4) is 0 Å². The summed E-state index contributed by atoms with van der Waals surface area (Å²) in [4.78, 5) is 0. The molecule has 1 unspecified atom stereocenters. The van der Waals surface area contributed by atoms with Crippen molar-refractivity contribution in [3.05, 3.63) is 0 Å². The SMILES string of the molecule is CNC(C1CCC1)C1(CC(C)C)CCCC1. The molecule has 1 heteroatoms. The van der Waals surface area contributed by atoms with E-state index in [-0.39, 0.29) is 0 Å². The third-order valence-electron chi connectivity index (χ3n) is 5.01. The molecule has 2 fully saturated rings. The zero-order valence-electron chi connectivity index (χ0n) is 11.4. The van der Waals surface area contributed by atoms with E-state index in [2.05, 4.69) is 26.2 Å². The van der Waals surface area contributed by atoms with Crippen LogP contribution in [0.4, 0.5) is 0 Å². The Balaban J connectivity index is 2.08. The van der Waals surface area contributed by atoms with Crippen LogP contribution in [0, 0.1) is 17.3 Å². The maximum atomic E-state index is 3.69. The Labute approximate surface area is 101 Å². The molecule has 0 spiro atoms. The zero-order valence-corrected chi connectivity index (χ0v) is 11.4. The first-order chi connectivity index (χ1) is 7.68. The van der Waals surface area contributed by atoms with E-state index in [1.54, 1.807) is 0 Å². The van der Waals surface area contributed by atoms with Gasteiger partial charge in [0.25, 0.3) is 0 Å². The maximum Gasteiger partial charge on any atom is 0.0149 e. The lowest BCUT2D eigenvalue weighted by Crippen LogP contribution is -2.50. The van der Waals surface area contributed by atoms with Gasteiger partial charge < -0.3 is 5.32 Å². The van der Waals surface area contributed by atoms with Crippen molar-refractivity contribution >= 4 is 0 Å². The van der Waals surface area contributed by atoms with Gasteiger partial charge in [-0.1, -0.05) is 33.1 Å². The van der Waals surface area contributed by atoms with Crippen molar-refractivity contribution in [1.29, 1.82) is 0 Å². The van der Waals surface area contributed by atoms with Gasteiger partial charge >= 0.3 is 0 Å². The molecule has 0 aromatic carbocycles. The molecule has 2 saturated carbocycles. The van der Waals surface area contributed by atoms with Crippen LogP contribution in [0.25, 0.3) is 0 Å². The van der Waals surface area contributed by atoms with Gasteiger partial charge in [0.1, 0.15) is 0 Å². The lowest BCUT2D eigenvalue weighted by Gasteiger charge is -2.46. The largest absolute Gasteiger partial charge is 0.316 e. The van der Waals surface area contributed by atoms with E-state index >= 15 is 0 Å². The fraction of sp³-hybridized carbons (Fsp3) is 1.00. The first-order valence-electron chi connectivity index (χ1n) is 7.35. The summed E-state index contributed by atoms with van der Waals surface area (Å²) in [7, 11) is 2.20. The van der Waals surface area contributed by atoms with Crippen LogP contribution in [0.5, 0.6) is 0 Å². The summed E-state index contributed by atoms with van der Waals surface area (Å²) >= 11 is 0. The Morgan fingerprint density at radius 2 is 1.75 bits per heavy atom. The van der Waals surface area contributed by atoms with Crippen LogP contribution in [0.1, 0.15) is 65.2 Å². The van der Waals surface area contributed by atoms with Gasteiger partial charge in [-0.25, -0.2) is 0 Å². The molecule has 1 nitrogen and oxygen atoms in total. The monoisotopic (exact) mass is 223 g/mol. The van der Waals surface area contributed by atoms with Crippen LogP contribution in [0.3, 0.4) is 0 Å². The highest BCUT2D eigenvalue weighted by Gasteiger charge is 2.45. The van der Waals surface area contributed by atoms with Gasteiger partial charge in [-0.05, 0) is 56.4 Å². The van der Waals surface area contributed by atoms with Gasteiger partial charge in [0.05, 0.1) is 0 Å². The summed E-state index contributed by atoms with van der Waals surface area (Å²) in [5.41, 5.74) is 0.647. The predicted molar refractivity (Wildman–Crippen MR) is 70.5 cm³/mol. The van der Waals surface area contributed by atoms with E-state index in [9.17, 15) is 0 Å². The molecule has 1 atom stereocenters. The highest BCUT2D eigenvalue weighted by molar-refractivity contribution is 4.99. The van der Waals surface area contributed by atoms with Crippen molar-refractivity contribution in [2.24, 2.45) is 17.3 Å². The van der Waals surface area contributed by atoms with Crippen LogP contribution >= 0.6 is 0 Å². The second-order valence-corrected chi connectivity index (χ2v) is 6.62. The molecule has 0 aromatic rings. The average molecular weight is 223 g/mol. The van der Waals surface area contributed by atoms with Gasteiger partial charge in [0, 0.05) is 6.04 Å². The molecule has 0 heterocycles. The van der Waals surface area contributed by atoms with E-state index in [4.69, 9.17) is 0 Å². The van der Waals surface area contributed by atoms with E-state index in [0.717, 1.165) is 17.9 Å². The summed E-state index contributed by atoms with van der Waals surface area (Å²) < 4.78 is 0. The van der Waals surface area contributed by atoms with Crippen LogP contribution in [-0.4, -0.2) is 13.1 Å². The molecule has 0 radical (unpaired) electrons. The van der Waals surface area contributed by atoms with Crippen molar-refractivity contribution in [1.82, 2.24) is 5.32 Å². The van der Waals surface area contributed by atoms with E-state index in [1.807, 2.05) is 0 Å². The van der Waals surface area contributed by atoms with Crippen molar-refractivity contribution in [2.45, 2.75) is 71.3 Å². The third-order valence-corrected chi connectivity index (χ3v) is 5.01. The Bertz CT molecular complexity index is 211. The quantitative estimate of drug-likeness (QED) is 0.743. The molecule has 2 aliphatic rings. The summed E-state index contributed by atoms with van der Waals surface area (Å²) in [5.74, 6) is 1.84. The fourth-order valence-corrected chi connectivity index (χ4v) is 4.35. The normalized spacial score (nSPS) is 27.0. The number of hydrogen-bond donors (Lipinski definition) is 1. The van der Waals surface area contributed by atoms with Gasteiger partial charge in [-0.15, -0.1) is 0 Å². The average Bonchev–Trinajstić information content (AvgIpc) is 2.59. The van der Waals surface area contributed by atoms with Crippen LogP contribution < -0.4 is 5.32 Å². The minimum absolute atomic E-state index is 0.647. The number of nitrogens with one attached hydrogen (secondary N) is 1. The molecule has 16 heavy (non-hydrogen) atoms. The molecule has 0 aromatic heterocycles. The highest BCUT2D eigenvalue weighted by Crippen LogP contribution is 2.50. The Morgan fingerprint density at radius 1 is 1.12 bits per heavy atom. The first kappa shape index (κ1) is 12.4. The Morgan fingerprint density at radius 3 is 2.12 bits per heavy atom. The summed E-state index contributed by atoms with van der Waals surface area (Å²) in [6.45, 7) is 4.79. The number of rotatable bonds is 5. The predicted octanol–water partition coefficient (Wildman–Crippen LogP) is 3.98. The smallest absolute Gasteiger partial charge is 0.0149 e. The number of hydrogen-bond acceptors (Lipinski definition) is 1. The molecule has 0 amide bonds. The summed E-state index contributed by atoms with van der Waals surface area (Å²) in [6, 6.07) is 0.811. The summed E-state index contributed by atoms with van der Waals surface area (Å²) in [6.07, 6.45) is 11.8. The van der Waals surface area contributed by atoms with Crippen LogP contribution in [0.2, 0.25) is 0 Å². The first-order valence-corrected chi connectivity index (χ1v) is 7.35. The van der Waals surface area contributed by atoms with Crippen molar-refractivity contribution in [3.63, 3.8) is 0 Å². The van der Waals surface area contributed by atoms with Crippen molar-refractivity contribution in [2.75, 3.05) is 7.05 Å². The molecule has 94 valence electrons. The molecule has 0 bridgehead atoms. The van der Waals surface area contributed by atoms with E-state index in [1.165, 1.54) is 51.4 Å². The topological polar surface area (TPSA) is 12.0 Å². The molecule has 0 saturated heterocycles. The van der Waals surface area contributed by atoms with Gasteiger partial charge in [0.2, 0.25) is 0 Å². The lowest BCUT2D eigenvalue weighted by atomic mass is 9.64. The fourth-order valence-electron chi connectivity index (χ4n) is 4.35. The maximum absolute atomic E-state index is 3.69. The van der Waals surface area contributed by atoms with Gasteiger partial charge in [-0.2, -0.15) is 0 Å². The molecule has 2 aliphatic carbocycles. The summed E-state index contributed by atoms with van der Waals surface area (Å²) in [5, 5.41) is 3.69. The van der Waals surface area contributed by atoms with E-state index < -0.39 is 0 Å². The van der Waals surface area contributed by atoms with Gasteiger partial charge in [-0.3, -0.25) is 0 Å². The Hall–Kier alpha value is -0.0400. The molecule has 2 rings (SSSR count). The van der Waals surface area contributed by atoms with Crippen LogP contribution in [-0.2, 0) is 0 Å². The third kappa shape index (κ3) is 2.30. The standard InChI is InChI=1S/C15H29N/c1-12(2)11-15(9-4-5-10-15)14(16-3)13-7-6-8-13/h12-14,16H,4-11H2,1-3H3. The van der Waals surface area contributed by atoms with Crippen molar-refractivity contribution < 1.29 is 0 Å². The molecular formula is C15H29N. The zero-order chi connectivity index (χ0) is 11.6. The molecular weight excluding hydrogens is 194 g/mol. The van der Waals surface area contributed by atoms with Gasteiger partial charge in [0.15, 0.2) is 0 Å². The Kier molecular flexibility index (Phi) is 3.94. The molecule has 0 aliphatic heterocycles. The second-order valence-electron chi connectivity index (χ2n) is 6.62. The minimum Gasteiger partial charge on any atom is -0.316 e. The van der Waals surface area contributed by atoms with E-state index in [0.29, 0.717) is 5.41 Å². The lowest BCUT2D eigenvalue weighted by molar-refractivity contribution is 0.0786. The van der Waals surface area contributed by atoms with Crippen LogP contribution in [0.15, 0.2) is 0 Å². The highest BCUT2D eigenvalue weighted by atomic mass is 14.9.